The van der Waals surface area contributed by atoms with Crippen LogP contribution < -0.4 is 11.1 Å². The number of anilines is 2. The fourth-order valence-corrected chi connectivity index (χ4v) is 2.08. The van der Waals surface area contributed by atoms with Crippen LogP contribution in [0.1, 0.15) is 25.3 Å². The number of nitrogen functional groups attached to an aromatic ring is 1. The molecule has 0 aliphatic carbocycles. The Morgan fingerprint density at radius 3 is 2.94 bits per heavy atom. The minimum atomic E-state index is 0.336. The largest absolute Gasteiger partial charge is 0.398 e. The van der Waals surface area contributed by atoms with Crippen LogP contribution in [0.15, 0.2) is 18.2 Å². The first-order valence-electron chi connectivity index (χ1n) is 5.91. The average molecular weight is 220 g/mol. The summed E-state index contributed by atoms with van der Waals surface area (Å²) in [7, 11) is 0. The van der Waals surface area contributed by atoms with E-state index in [1.54, 1.807) is 0 Å². The van der Waals surface area contributed by atoms with Gasteiger partial charge in [-0.25, -0.2) is 0 Å². The van der Waals surface area contributed by atoms with E-state index in [0.29, 0.717) is 12.1 Å². The number of ether oxygens (including phenoxy) is 1. The van der Waals surface area contributed by atoms with Crippen molar-refractivity contribution >= 4 is 11.4 Å². The molecule has 2 rings (SSSR count). The van der Waals surface area contributed by atoms with Gasteiger partial charge in [0.2, 0.25) is 0 Å². The molecule has 0 aromatic heterocycles. The maximum Gasteiger partial charge on any atom is 0.0774 e. The zero-order valence-corrected chi connectivity index (χ0v) is 9.99. The molecule has 1 saturated heterocycles. The standard InChI is InChI=1S/C13H20N2O/c1-9-5-6-11(8-12(9)14)15-10(2)13-4-3-7-16-13/h5-6,8,10,13,15H,3-4,7,14H2,1-2H3. The molecule has 1 aliphatic heterocycles. The van der Waals surface area contributed by atoms with E-state index in [4.69, 9.17) is 10.5 Å². The van der Waals surface area contributed by atoms with E-state index < -0.39 is 0 Å². The molecule has 1 aromatic carbocycles. The van der Waals surface area contributed by atoms with Gasteiger partial charge in [0, 0.05) is 24.0 Å². The molecular weight excluding hydrogens is 200 g/mol. The van der Waals surface area contributed by atoms with Gasteiger partial charge in [0.25, 0.3) is 0 Å². The monoisotopic (exact) mass is 220 g/mol. The van der Waals surface area contributed by atoms with Crippen LogP contribution >= 0.6 is 0 Å². The summed E-state index contributed by atoms with van der Waals surface area (Å²) in [5.74, 6) is 0. The molecule has 2 unspecified atom stereocenters. The fourth-order valence-electron chi connectivity index (χ4n) is 2.08. The summed E-state index contributed by atoms with van der Waals surface area (Å²) >= 11 is 0. The molecule has 0 bridgehead atoms. The van der Waals surface area contributed by atoms with E-state index in [2.05, 4.69) is 18.3 Å². The number of nitrogens with one attached hydrogen (secondary N) is 1. The molecule has 0 radical (unpaired) electrons. The van der Waals surface area contributed by atoms with Crippen LogP contribution in [0.2, 0.25) is 0 Å². The van der Waals surface area contributed by atoms with Crippen LogP contribution in [0.25, 0.3) is 0 Å². The second-order valence-corrected chi connectivity index (χ2v) is 4.56. The molecule has 0 saturated carbocycles. The van der Waals surface area contributed by atoms with Crippen LogP contribution in [-0.2, 0) is 4.74 Å². The van der Waals surface area contributed by atoms with Crippen molar-refractivity contribution in [2.24, 2.45) is 0 Å². The maximum absolute atomic E-state index is 5.88. The van der Waals surface area contributed by atoms with Gasteiger partial charge in [-0.05, 0) is 44.4 Å². The minimum Gasteiger partial charge on any atom is -0.398 e. The molecular formula is C13H20N2O. The van der Waals surface area contributed by atoms with Crippen LogP contribution in [-0.4, -0.2) is 18.8 Å². The first-order chi connectivity index (χ1) is 7.66. The predicted octanol–water partition coefficient (Wildman–Crippen LogP) is 2.56. The molecule has 1 aromatic rings. The zero-order valence-electron chi connectivity index (χ0n) is 9.99. The van der Waals surface area contributed by atoms with E-state index in [9.17, 15) is 0 Å². The van der Waals surface area contributed by atoms with Gasteiger partial charge < -0.3 is 15.8 Å². The molecule has 16 heavy (non-hydrogen) atoms. The summed E-state index contributed by atoms with van der Waals surface area (Å²) in [6.07, 6.45) is 2.66. The minimum absolute atomic E-state index is 0.336. The number of rotatable bonds is 3. The van der Waals surface area contributed by atoms with Gasteiger partial charge in [0.15, 0.2) is 0 Å². The van der Waals surface area contributed by atoms with Crippen molar-refractivity contribution in [3.8, 4) is 0 Å². The number of aryl methyl sites for hydroxylation is 1. The van der Waals surface area contributed by atoms with Crippen LogP contribution in [0.4, 0.5) is 11.4 Å². The third-order valence-electron chi connectivity index (χ3n) is 3.20. The van der Waals surface area contributed by atoms with E-state index in [1.807, 2.05) is 19.1 Å². The number of hydrogen-bond donors (Lipinski definition) is 2. The molecule has 0 amide bonds. The lowest BCUT2D eigenvalue weighted by Crippen LogP contribution is -2.29. The van der Waals surface area contributed by atoms with Gasteiger partial charge in [-0.2, -0.15) is 0 Å². The van der Waals surface area contributed by atoms with Crippen molar-refractivity contribution in [1.29, 1.82) is 0 Å². The molecule has 1 aliphatic rings. The zero-order chi connectivity index (χ0) is 11.5. The normalized spacial score (nSPS) is 22.0. The lowest BCUT2D eigenvalue weighted by atomic mass is 10.1. The third-order valence-corrected chi connectivity index (χ3v) is 3.20. The van der Waals surface area contributed by atoms with Crippen molar-refractivity contribution in [3.63, 3.8) is 0 Å². The van der Waals surface area contributed by atoms with Crippen molar-refractivity contribution < 1.29 is 4.74 Å². The highest BCUT2D eigenvalue weighted by molar-refractivity contribution is 5.58. The smallest absolute Gasteiger partial charge is 0.0774 e. The second-order valence-electron chi connectivity index (χ2n) is 4.56. The molecule has 1 fully saturated rings. The highest BCUT2D eigenvalue weighted by Gasteiger charge is 2.22. The van der Waals surface area contributed by atoms with Crippen molar-refractivity contribution in [2.75, 3.05) is 17.7 Å². The van der Waals surface area contributed by atoms with Gasteiger partial charge in [-0.1, -0.05) is 6.07 Å². The van der Waals surface area contributed by atoms with Gasteiger partial charge in [-0.15, -0.1) is 0 Å². The molecule has 88 valence electrons. The van der Waals surface area contributed by atoms with Gasteiger partial charge in [-0.3, -0.25) is 0 Å². The molecule has 2 atom stereocenters. The molecule has 3 N–H and O–H groups in total. The first kappa shape index (κ1) is 11.3. The molecule has 3 nitrogen and oxygen atoms in total. The van der Waals surface area contributed by atoms with E-state index >= 15 is 0 Å². The summed E-state index contributed by atoms with van der Waals surface area (Å²) in [5.41, 5.74) is 8.91. The number of hydrogen-bond acceptors (Lipinski definition) is 3. The number of nitrogens with two attached hydrogens (primary N) is 1. The summed E-state index contributed by atoms with van der Waals surface area (Å²) in [4.78, 5) is 0. The quantitative estimate of drug-likeness (QED) is 0.770. The lowest BCUT2D eigenvalue weighted by molar-refractivity contribution is 0.0996. The average Bonchev–Trinajstić information content (AvgIpc) is 2.77. The number of benzene rings is 1. The Hall–Kier alpha value is -1.22. The van der Waals surface area contributed by atoms with Crippen molar-refractivity contribution in [2.45, 2.75) is 38.8 Å². The predicted molar refractivity (Wildman–Crippen MR) is 67.7 cm³/mol. The van der Waals surface area contributed by atoms with Crippen molar-refractivity contribution in [3.05, 3.63) is 23.8 Å². The Morgan fingerprint density at radius 1 is 1.50 bits per heavy atom. The Kier molecular flexibility index (Phi) is 3.34. The first-order valence-corrected chi connectivity index (χ1v) is 5.91. The van der Waals surface area contributed by atoms with Crippen LogP contribution in [0.5, 0.6) is 0 Å². The lowest BCUT2D eigenvalue weighted by Gasteiger charge is -2.21. The van der Waals surface area contributed by atoms with E-state index in [0.717, 1.165) is 30.0 Å². The van der Waals surface area contributed by atoms with E-state index in [1.165, 1.54) is 6.42 Å². The molecule has 0 spiro atoms. The van der Waals surface area contributed by atoms with E-state index in [-0.39, 0.29) is 0 Å². The second kappa shape index (κ2) is 4.74. The Bertz CT molecular complexity index is 359. The van der Waals surface area contributed by atoms with Crippen molar-refractivity contribution in [1.82, 2.24) is 0 Å². The fraction of sp³-hybridized carbons (Fsp3) is 0.538. The summed E-state index contributed by atoms with van der Waals surface area (Å²) in [6.45, 7) is 5.07. The third kappa shape index (κ3) is 2.47. The summed E-state index contributed by atoms with van der Waals surface area (Å²) in [5, 5.41) is 3.45. The SMILES string of the molecule is Cc1ccc(NC(C)C2CCCO2)cc1N. The molecule has 3 heteroatoms. The maximum atomic E-state index is 5.88. The molecule has 1 heterocycles. The van der Waals surface area contributed by atoms with Crippen LogP contribution in [0, 0.1) is 6.92 Å². The van der Waals surface area contributed by atoms with Gasteiger partial charge >= 0.3 is 0 Å². The Labute approximate surface area is 97.0 Å². The highest BCUT2D eigenvalue weighted by Crippen LogP contribution is 2.21. The van der Waals surface area contributed by atoms with Crippen LogP contribution in [0.3, 0.4) is 0 Å². The highest BCUT2D eigenvalue weighted by atomic mass is 16.5. The summed E-state index contributed by atoms with van der Waals surface area (Å²) in [6, 6.07) is 6.43. The Balaban J connectivity index is 1.99. The van der Waals surface area contributed by atoms with Gasteiger partial charge in [0.05, 0.1) is 6.10 Å². The summed E-state index contributed by atoms with van der Waals surface area (Å²) < 4.78 is 5.65. The van der Waals surface area contributed by atoms with Gasteiger partial charge in [0.1, 0.15) is 0 Å². The Morgan fingerprint density at radius 2 is 2.31 bits per heavy atom. The topological polar surface area (TPSA) is 47.3 Å².